The Kier molecular flexibility index (Phi) is 7.60. The highest BCUT2D eigenvalue weighted by atomic mass is 32.2. The van der Waals surface area contributed by atoms with Gasteiger partial charge in [0.2, 0.25) is 0 Å². The van der Waals surface area contributed by atoms with E-state index in [1.54, 1.807) is 43.3 Å². The minimum atomic E-state index is -0.708. The quantitative estimate of drug-likeness (QED) is 0.315. The molecule has 7 nitrogen and oxygen atoms in total. The molecule has 1 N–H and O–H groups in total. The molecule has 0 bridgehead atoms. The number of ether oxygens (including phenoxy) is 2. The van der Waals surface area contributed by atoms with Crippen LogP contribution in [0.2, 0.25) is 0 Å². The zero-order valence-electron chi connectivity index (χ0n) is 15.4. The monoisotopic (exact) mass is 398 g/mol. The number of thioether (sulfide) groups is 1. The molecule has 1 amide bonds. The van der Waals surface area contributed by atoms with Gasteiger partial charge in [-0.3, -0.25) is 9.59 Å². The minimum absolute atomic E-state index is 0.112. The summed E-state index contributed by atoms with van der Waals surface area (Å²) in [6.07, 6.45) is 0. The van der Waals surface area contributed by atoms with Crippen molar-refractivity contribution in [1.82, 2.24) is 0 Å². The van der Waals surface area contributed by atoms with Gasteiger partial charge in [-0.15, -0.1) is 0 Å². The maximum atomic E-state index is 11.9. The van der Waals surface area contributed by atoms with Crippen molar-refractivity contribution in [2.75, 3.05) is 18.5 Å². The minimum Gasteiger partial charge on any atom is -0.482 e. The summed E-state index contributed by atoms with van der Waals surface area (Å²) >= 11 is 1.03. The molecule has 2 aromatic rings. The fourth-order valence-electron chi connectivity index (χ4n) is 2.21. The fourth-order valence-corrected chi connectivity index (χ4v) is 2.69. The second-order valence-corrected chi connectivity index (χ2v) is 6.61. The van der Waals surface area contributed by atoms with Crippen LogP contribution in [0.5, 0.6) is 5.75 Å². The summed E-state index contributed by atoms with van der Waals surface area (Å²) in [6, 6.07) is 11.6. The second-order valence-electron chi connectivity index (χ2n) is 5.75. The number of carbonyl (C=O) groups is 3. The molecular formula is C20H18N2O5S. The summed E-state index contributed by atoms with van der Waals surface area (Å²) in [7, 11) is 0. The molecule has 0 fully saturated rings. The van der Waals surface area contributed by atoms with Crippen molar-refractivity contribution in [3.8, 4) is 11.2 Å². The number of benzene rings is 2. The Morgan fingerprint density at radius 2 is 1.93 bits per heavy atom. The van der Waals surface area contributed by atoms with Gasteiger partial charge in [0.15, 0.2) is 19.0 Å². The number of anilines is 1. The smallest absolute Gasteiger partial charge is 0.344 e. The molecule has 0 saturated carbocycles. The van der Waals surface area contributed by atoms with Gasteiger partial charge in [-0.05, 0) is 61.5 Å². The topological polar surface area (TPSA) is 105 Å². The first-order valence-corrected chi connectivity index (χ1v) is 9.06. The Bertz CT molecular complexity index is 936. The van der Waals surface area contributed by atoms with E-state index in [4.69, 9.17) is 14.7 Å². The zero-order chi connectivity index (χ0) is 20.5. The summed E-state index contributed by atoms with van der Waals surface area (Å²) in [4.78, 5) is 35.8. The summed E-state index contributed by atoms with van der Waals surface area (Å²) in [5, 5.41) is 13.3. The van der Waals surface area contributed by atoms with Crippen molar-refractivity contribution >= 4 is 35.1 Å². The Hall–Kier alpha value is -3.31. The first kappa shape index (κ1) is 21.0. The number of nitrogens with one attached hydrogen (secondary N) is 1. The number of rotatable bonds is 8. The molecule has 0 unspecified atom stereocenters. The number of esters is 1. The number of amides is 1. The number of carbonyl (C=O) groups excluding carboxylic acids is 3. The van der Waals surface area contributed by atoms with Crippen LogP contribution in [0.3, 0.4) is 0 Å². The average molecular weight is 398 g/mol. The van der Waals surface area contributed by atoms with Gasteiger partial charge in [-0.2, -0.15) is 5.26 Å². The first-order chi connectivity index (χ1) is 13.4. The van der Waals surface area contributed by atoms with Crippen LogP contribution in [0.25, 0.3) is 0 Å². The van der Waals surface area contributed by atoms with Crippen LogP contribution < -0.4 is 10.1 Å². The van der Waals surface area contributed by atoms with E-state index in [0.29, 0.717) is 17.0 Å². The van der Waals surface area contributed by atoms with Crippen LogP contribution in [0.1, 0.15) is 22.8 Å². The third kappa shape index (κ3) is 6.45. The Morgan fingerprint density at radius 1 is 1.14 bits per heavy atom. The van der Waals surface area contributed by atoms with Crippen LogP contribution in [-0.2, 0) is 14.3 Å². The van der Waals surface area contributed by atoms with E-state index in [1.807, 2.05) is 5.40 Å². The lowest BCUT2D eigenvalue weighted by molar-refractivity contribution is -0.149. The van der Waals surface area contributed by atoms with Crippen LogP contribution in [0.4, 0.5) is 5.69 Å². The highest BCUT2D eigenvalue weighted by molar-refractivity contribution is 8.03. The maximum absolute atomic E-state index is 11.9. The number of Topliss-reactive ketones (excluding diaryl/α,β-unsaturated/α-hetero) is 1. The predicted octanol–water partition coefficient (Wildman–Crippen LogP) is 3.33. The number of thiocyanates is 1. The predicted molar refractivity (Wildman–Crippen MR) is 104 cm³/mol. The van der Waals surface area contributed by atoms with Gasteiger partial charge in [-0.1, -0.05) is 12.1 Å². The summed E-state index contributed by atoms with van der Waals surface area (Å²) in [5.74, 6) is -0.948. The van der Waals surface area contributed by atoms with E-state index >= 15 is 0 Å². The summed E-state index contributed by atoms with van der Waals surface area (Å²) < 4.78 is 10.2. The van der Waals surface area contributed by atoms with E-state index < -0.39 is 18.5 Å². The normalized spacial score (nSPS) is 9.89. The van der Waals surface area contributed by atoms with Crippen LogP contribution in [0, 0.1) is 17.6 Å². The van der Waals surface area contributed by atoms with Gasteiger partial charge < -0.3 is 14.8 Å². The van der Waals surface area contributed by atoms with Crippen molar-refractivity contribution < 1.29 is 23.9 Å². The molecule has 28 heavy (non-hydrogen) atoms. The van der Waals surface area contributed by atoms with Gasteiger partial charge in [-0.25, -0.2) is 4.79 Å². The number of nitriles is 1. The molecule has 2 aromatic carbocycles. The largest absolute Gasteiger partial charge is 0.482 e. The molecule has 0 spiro atoms. The summed E-state index contributed by atoms with van der Waals surface area (Å²) in [6.45, 7) is 2.40. The van der Waals surface area contributed by atoms with Gasteiger partial charge in [0.1, 0.15) is 11.2 Å². The van der Waals surface area contributed by atoms with Gasteiger partial charge in [0.05, 0.1) is 0 Å². The molecule has 0 aliphatic rings. The van der Waals surface area contributed by atoms with Crippen LogP contribution >= 0.6 is 11.8 Å². The van der Waals surface area contributed by atoms with E-state index in [2.05, 4.69) is 5.32 Å². The lowest BCUT2D eigenvalue weighted by Gasteiger charge is -2.10. The third-order valence-electron chi connectivity index (χ3n) is 3.60. The molecule has 8 heteroatoms. The molecule has 0 radical (unpaired) electrons. The van der Waals surface area contributed by atoms with Crippen molar-refractivity contribution in [1.29, 1.82) is 5.26 Å². The van der Waals surface area contributed by atoms with Crippen LogP contribution in [-0.4, -0.2) is 30.9 Å². The number of hydrogen-bond donors (Lipinski definition) is 1. The second kappa shape index (κ2) is 10.1. The van der Waals surface area contributed by atoms with E-state index in [1.165, 1.54) is 13.0 Å². The molecule has 144 valence electrons. The van der Waals surface area contributed by atoms with Crippen molar-refractivity contribution in [2.24, 2.45) is 0 Å². The molecule has 0 aliphatic heterocycles. The van der Waals surface area contributed by atoms with Crippen molar-refractivity contribution in [2.45, 2.75) is 18.7 Å². The van der Waals surface area contributed by atoms with E-state index in [-0.39, 0.29) is 12.4 Å². The molecule has 0 atom stereocenters. The number of aryl methyl sites for hydroxylation is 1. The number of ketones is 1. The number of hydrogen-bond acceptors (Lipinski definition) is 7. The van der Waals surface area contributed by atoms with Gasteiger partial charge in [0.25, 0.3) is 5.91 Å². The third-order valence-corrected chi connectivity index (χ3v) is 4.18. The first-order valence-electron chi connectivity index (χ1n) is 8.25. The van der Waals surface area contributed by atoms with Crippen LogP contribution in [0.15, 0.2) is 47.4 Å². The lowest BCUT2D eigenvalue weighted by atomic mass is 10.1. The van der Waals surface area contributed by atoms with Crippen molar-refractivity contribution in [3.05, 3.63) is 53.6 Å². The van der Waals surface area contributed by atoms with Crippen molar-refractivity contribution in [3.63, 3.8) is 0 Å². The number of nitrogens with zero attached hydrogens (tertiary/aromatic N) is 1. The summed E-state index contributed by atoms with van der Waals surface area (Å²) in [5.41, 5.74) is 1.83. The standard InChI is InChI=1S/C20H18N2O5S/c1-13-8-17(28-12-21)6-7-18(13)22-19(24)10-27-20(25)11-26-16-5-3-4-15(9-16)14(2)23/h3-9H,10-11H2,1-2H3,(H,22,24). The average Bonchev–Trinajstić information content (AvgIpc) is 2.67. The zero-order valence-corrected chi connectivity index (χ0v) is 16.2. The van der Waals surface area contributed by atoms with Gasteiger partial charge >= 0.3 is 5.97 Å². The molecule has 0 aromatic heterocycles. The molecule has 0 aliphatic carbocycles. The Balaban J connectivity index is 1.79. The molecule has 0 saturated heterocycles. The highest BCUT2D eigenvalue weighted by Gasteiger charge is 2.11. The SMILES string of the molecule is CC(=O)c1cccc(OCC(=O)OCC(=O)Nc2ccc(SC#N)cc2C)c1. The Morgan fingerprint density at radius 3 is 2.61 bits per heavy atom. The Labute approximate surface area is 166 Å². The van der Waals surface area contributed by atoms with Gasteiger partial charge in [0, 0.05) is 16.1 Å². The molecule has 2 rings (SSSR count). The molecule has 0 heterocycles. The highest BCUT2D eigenvalue weighted by Crippen LogP contribution is 2.23. The lowest BCUT2D eigenvalue weighted by Crippen LogP contribution is -2.24. The molecular weight excluding hydrogens is 380 g/mol. The van der Waals surface area contributed by atoms with E-state index in [9.17, 15) is 14.4 Å². The van der Waals surface area contributed by atoms with E-state index in [0.717, 1.165) is 22.2 Å². The fraction of sp³-hybridized carbons (Fsp3) is 0.200. The maximum Gasteiger partial charge on any atom is 0.344 e.